The van der Waals surface area contributed by atoms with E-state index in [1.165, 1.54) is 0 Å². The smallest absolute Gasteiger partial charge is 0.244 e. The summed E-state index contributed by atoms with van der Waals surface area (Å²) < 4.78 is 5.43. The van der Waals surface area contributed by atoms with Gasteiger partial charge in [0.05, 0.1) is 12.6 Å². The van der Waals surface area contributed by atoms with E-state index in [9.17, 15) is 4.79 Å². The van der Waals surface area contributed by atoms with Crippen LogP contribution in [0.2, 0.25) is 0 Å². The zero-order valence-corrected chi connectivity index (χ0v) is 12.4. The number of hydrogen-bond donors (Lipinski definition) is 1. The highest BCUT2D eigenvalue weighted by Gasteiger charge is 2.28. The predicted molar refractivity (Wildman–Crippen MR) is 81.3 cm³/mol. The highest BCUT2D eigenvalue weighted by atomic mass is 16.5. The summed E-state index contributed by atoms with van der Waals surface area (Å²) in [5, 5.41) is 3.34. The molecule has 1 aliphatic rings. The molecule has 110 valence electrons. The Balaban J connectivity index is 2.04. The first-order valence-electron chi connectivity index (χ1n) is 7.54. The minimum absolute atomic E-state index is 0.0322. The van der Waals surface area contributed by atoms with Crippen molar-refractivity contribution >= 4 is 11.6 Å². The van der Waals surface area contributed by atoms with E-state index in [4.69, 9.17) is 4.74 Å². The predicted octanol–water partition coefficient (Wildman–Crippen LogP) is 2.58. The lowest BCUT2D eigenvalue weighted by atomic mass is 10.0. The van der Waals surface area contributed by atoms with Gasteiger partial charge in [0.1, 0.15) is 5.75 Å². The molecule has 1 atom stereocenters. The molecule has 0 bridgehead atoms. The normalized spacial score (nSPS) is 19.2. The summed E-state index contributed by atoms with van der Waals surface area (Å²) in [6.07, 6.45) is 3.03. The maximum absolute atomic E-state index is 12.5. The number of benzene rings is 1. The number of rotatable bonds is 6. The molecule has 0 saturated carbocycles. The highest BCUT2D eigenvalue weighted by Crippen LogP contribution is 2.23. The second-order valence-corrected chi connectivity index (χ2v) is 5.07. The summed E-state index contributed by atoms with van der Waals surface area (Å²) in [4.78, 5) is 14.4. The Morgan fingerprint density at radius 2 is 2.05 bits per heavy atom. The molecule has 1 amide bonds. The van der Waals surface area contributed by atoms with Crippen LogP contribution in [0.4, 0.5) is 5.69 Å². The van der Waals surface area contributed by atoms with E-state index in [0.717, 1.165) is 43.8 Å². The van der Waals surface area contributed by atoms with Crippen molar-refractivity contribution in [3.05, 3.63) is 24.3 Å². The van der Waals surface area contributed by atoms with Crippen LogP contribution in [-0.2, 0) is 4.79 Å². The number of carbonyl (C=O) groups is 1. The number of amides is 1. The van der Waals surface area contributed by atoms with Gasteiger partial charge >= 0.3 is 0 Å². The molecule has 2 rings (SSSR count). The number of piperidine rings is 1. The maximum atomic E-state index is 12.5. The molecule has 1 heterocycles. The third kappa shape index (κ3) is 3.51. The molecule has 1 aromatic carbocycles. The molecule has 0 aromatic heterocycles. The third-order valence-corrected chi connectivity index (χ3v) is 3.54. The SMILES string of the molecule is CCCNC1CCCN(c2ccc(OCC)cc2)C1=O. The Bertz CT molecular complexity index is 431. The van der Waals surface area contributed by atoms with Crippen molar-refractivity contribution < 1.29 is 9.53 Å². The van der Waals surface area contributed by atoms with E-state index in [0.29, 0.717) is 6.61 Å². The van der Waals surface area contributed by atoms with E-state index in [2.05, 4.69) is 12.2 Å². The van der Waals surface area contributed by atoms with Gasteiger partial charge in [-0.2, -0.15) is 0 Å². The van der Waals surface area contributed by atoms with Crippen LogP contribution in [0.15, 0.2) is 24.3 Å². The van der Waals surface area contributed by atoms with Crippen molar-refractivity contribution in [2.45, 2.75) is 39.2 Å². The number of anilines is 1. The van der Waals surface area contributed by atoms with Crippen LogP contribution in [0, 0.1) is 0 Å². The molecule has 1 saturated heterocycles. The lowest BCUT2D eigenvalue weighted by Crippen LogP contribution is -2.51. The average Bonchev–Trinajstić information content (AvgIpc) is 2.48. The van der Waals surface area contributed by atoms with Crippen LogP contribution in [0.1, 0.15) is 33.1 Å². The van der Waals surface area contributed by atoms with Gasteiger partial charge in [-0.25, -0.2) is 0 Å². The van der Waals surface area contributed by atoms with Gasteiger partial charge in [-0.05, 0) is 57.0 Å². The first-order valence-corrected chi connectivity index (χ1v) is 7.54. The van der Waals surface area contributed by atoms with Gasteiger partial charge in [-0.15, -0.1) is 0 Å². The molecular weight excluding hydrogens is 252 g/mol. The summed E-state index contributed by atoms with van der Waals surface area (Å²) in [5.74, 6) is 1.04. The fraction of sp³-hybridized carbons (Fsp3) is 0.562. The second kappa shape index (κ2) is 7.29. The van der Waals surface area contributed by atoms with Gasteiger partial charge in [-0.3, -0.25) is 4.79 Å². The third-order valence-electron chi connectivity index (χ3n) is 3.54. The molecule has 0 aliphatic carbocycles. The van der Waals surface area contributed by atoms with Gasteiger partial charge < -0.3 is 15.0 Å². The van der Waals surface area contributed by atoms with Crippen LogP contribution >= 0.6 is 0 Å². The van der Waals surface area contributed by atoms with Crippen molar-refractivity contribution in [1.29, 1.82) is 0 Å². The summed E-state index contributed by atoms with van der Waals surface area (Å²) in [6.45, 7) is 6.44. The number of nitrogens with one attached hydrogen (secondary N) is 1. The van der Waals surface area contributed by atoms with Crippen LogP contribution in [-0.4, -0.2) is 31.6 Å². The van der Waals surface area contributed by atoms with Gasteiger partial charge in [0.2, 0.25) is 5.91 Å². The summed E-state index contributed by atoms with van der Waals surface area (Å²) in [5.41, 5.74) is 0.960. The van der Waals surface area contributed by atoms with E-state index < -0.39 is 0 Å². The Morgan fingerprint density at radius 3 is 2.70 bits per heavy atom. The molecule has 4 heteroatoms. The minimum Gasteiger partial charge on any atom is -0.494 e. The number of hydrogen-bond acceptors (Lipinski definition) is 3. The monoisotopic (exact) mass is 276 g/mol. The van der Waals surface area contributed by atoms with E-state index in [1.807, 2.05) is 36.1 Å². The minimum atomic E-state index is -0.0322. The molecule has 1 fully saturated rings. The first-order chi connectivity index (χ1) is 9.76. The van der Waals surface area contributed by atoms with Gasteiger partial charge in [-0.1, -0.05) is 6.92 Å². The van der Waals surface area contributed by atoms with Gasteiger partial charge in [0.15, 0.2) is 0 Å². The van der Waals surface area contributed by atoms with E-state index >= 15 is 0 Å². The fourth-order valence-electron chi connectivity index (χ4n) is 2.53. The lowest BCUT2D eigenvalue weighted by Gasteiger charge is -2.32. The van der Waals surface area contributed by atoms with Crippen molar-refractivity contribution in [1.82, 2.24) is 5.32 Å². The van der Waals surface area contributed by atoms with E-state index in [1.54, 1.807) is 0 Å². The lowest BCUT2D eigenvalue weighted by molar-refractivity contribution is -0.121. The van der Waals surface area contributed by atoms with E-state index in [-0.39, 0.29) is 11.9 Å². The van der Waals surface area contributed by atoms with Gasteiger partial charge in [0.25, 0.3) is 0 Å². The van der Waals surface area contributed by atoms with Crippen LogP contribution < -0.4 is 15.0 Å². The highest BCUT2D eigenvalue weighted by molar-refractivity contribution is 5.97. The molecule has 1 unspecified atom stereocenters. The zero-order valence-electron chi connectivity index (χ0n) is 12.4. The van der Waals surface area contributed by atoms with Crippen molar-refractivity contribution in [2.24, 2.45) is 0 Å². The average molecular weight is 276 g/mol. The molecule has 1 N–H and O–H groups in total. The number of carbonyl (C=O) groups excluding carboxylic acids is 1. The topological polar surface area (TPSA) is 41.6 Å². The Morgan fingerprint density at radius 1 is 1.30 bits per heavy atom. The molecular formula is C16H24N2O2. The fourth-order valence-corrected chi connectivity index (χ4v) is 2.53. The number of nitrogens with zero attached hydrogens (tertiary/aromatic N) is 1. The number of ether oxygens (including phenoxy) is 1. The molecule has 1 aromatic rings. The molecule has 20 heavy (non-hydrogen) atoms. The summed E-state index contributed by atoms with van der Waals surface area (Å²) >= 11 is 0. The largest absolute Gasteiger partial charge is 0.494 e. The maximum Gasteiger partial charge on any atom is 0.244 e. The second-order valence-electron chi connectivity index (χ2n) is 5.07. The van der Waals surface area contributed by atoms with Crippen LogP contribution in [0.25, 0.3) is 0 Å². The molecule has 0 radical (unpaired) electrons. The van der Waals surface area contributed by atoms with Gasteiger partial charge in [0, 0.05) is 12.2 Å². The molecule has 1 aliphatic heterocycles. The summed E-state index contributed by atoms with van der Waals surface area (Å²) in [7, 11) is 0. The van der Waals surface area contributed by atoms with Crippen molar-refractivity contribution in [2.75, 3.05) is 24.6 Å². The van der Waals surface area contributed by atoms with Crippen molar-refractivity contribution in [3.8, 4) is 5.75 Å². The first kappa shape index (κ1) is 14.9. The van der Waals surface area contributed by atoms with Crippen LogP contribution in [0.5, 0.6) is 5.75 Å². The Kier molecular flexibility index (Phi) is 5.41. The van der Waals surface area contributed by atoms with Crippen LogP contribution in [0.3, 0.4) is 0 Å². The summed E-state index contributed by atoms with van der Waals surface area (Å²) in [6, 6.07) is 7.75. The molecule has 4 nitrogen and oxygen atoms in total. The zero-order chi connectivity index (χ0) is 14.4. The standard InChI is InChI=1S/C16H24N2O2/c1-3-11-17-15-6-5-12-18(16(15)19)13-7-9-14(10-8-13)20-4-2/h7-10,15,17H,3-6,11-12H2,1-2H3. The Hall–Kier alpha value is -1.55. The Labute approximate surface area is 121 Å². The van der Waals surface area contributed by atoms with Crippen molar-refractivity contribution in [3.63, 3.8) is 0 Å². The quantitative estimate of drug-likeness (QED) is 0.868. The molecule has 0 spiro atoms.